The average molecular weight is 316 g/mol. The number of fused-ring (bicyclic) bond motifs is 1. The number of aryl methyl sites for hydroxylation is 1. The van der Waals surface area contributed by atoms with Gasteiger partial charge in [0.1, 0.15) is 0 Å². The highest BCUT2D eigenvalue weighted by Gasteiger charge is 2.31. The number of nitrogens with zero attached hydrogens (tertiary/aromatic N) is 1. The minimum absolute atomic E-state index is 0.268. The lowest BCUT2D eigenvalue weighted by Gasteiger charge is -2.19. The Morgan fingerprint density at radius 2 is 1.82 bits per heavy atom. The summed E-state index contributed by atoms with van der Waals surface area (Å²) in [5.74, 6) is -0.511. The molecule has 0 atom stereocenters. The molecule has 0 saturated carbocycles. The molecule has 0 saturated heterocycles. The van der Waals surface area contributed by atoms with Crippen LogP contribution in [0.25, 0.3) is 0 Å². The predicted octanol–water partition coefficient (Wildman–Crippen LogP) is 1.85. The highest BCUT2D eigenvalue weighted by atomic mass is 32.2. The van der Waals surface area contributed by atoms with E-state index in [1.165, 1.54) is 4.31 Å². The van der Waals surface area contributed by atoms with Crippen LogP contribution < -0.4 is 10.0 Å². The third kappa shape index (κ3) is 2.35. The van der Waals surface area contributed by atoms with E-state index >= 15 is 0 Å². The van der Waals surface area contributed by atoms with Gasteiger partial charge in [-0.1, -0.05) is 17.7 Å². The van der Waals surface area contributed by atoms with Crippen molar-refractivity contribution in [2.45, 2.75) is 18.2 Å². The van der Waals surface area contributed by atoms with E-state index in [2.05, 4.69) is 0 Å². The maximum atomic E-state index is 12.8. The third-order valence-corrected chi connectivity index (χ3v) is 5.65. The van der Waals surface area contributed by atoms with Crippen molar-refractivity contribution in [2.24, 2.45) is 5.73 Å². The van der Waals surface area contributed by atoms with E-state index in [1.54, 1.807) is 42.5 Å². The van der Waals surface area contributed by atoms with Crippen LogP contribution in [0, 0.1) is 6.92 Å². The van der Waals surface area contributed by atoms with Crippen LogP contribution in [0.5, 0.6) is 0 Å². The number of rotatable bonds is 3. The molecule has 6 heteroatoms. The maximum Gasteiger partial charge on any atom is 0.264 e. The molecule has 1 aliphatic heterocycles. The van der Waals surface area contributed by atoms with Crippen LogP contribution in [-0.4, -0.2) is 20.9 Å². The summed E-state index contributed by atoms with van der Waals surface area (Å²) >= 11 is 0. The van der Waals surface area contributed by atoms with Crippen molar-refractivity contribution in [3.63, 3.8) is 0 Å². The first kappa shape index (κ1) is 14.6. The summed E-state index contributed by atoms with van der Waals surface area (Å²) in [6.45, 7) is 2.28. The number of anilines is 1. The first-order valence-electron chi connectivity index (χ1n) is 6.92. The quantitative estimate of drug-likeness (QED) is 0.938. The Morgan fingerprint density at radius 3 is 2.45 bits per heavy atom. The number of carbonyl (C=O) groups is 1. The second-order valence-corrected chi connectivity index (χ2v) is 7.21. The SMILES string of the molecule is Cc1ccc(S(=O)(=O)N2CCc3cc(C(N)=O)ccc32)cc1. The van der Waals surface area contributed by atoms with Gasteiger partial charge in [-0.05, 0) is 49.2 Å². The molecule has 0 bridgehead atoms. The Hall–Kier alpha value is -2.34. The fourth-order valence-electron chi connectivity index (χ4n) is 2.61. The van der Waals surface area contributed by atoms with Gasteiger partial charge in [0.2, 0.25) is 5.91 Å². The molecule has 114 valence electrons. The lowest BCUT2D eigenvalue weighted by molar-refractivity contribution is 0.1000. The molecular weight excluding hydrogens is 300 g/mol. The average Bonchev–Trinajstić information content (AvgIpc) is 2.91. The molecule has 5 nitrogen and oxygen atoms in total. The summed E-state index contributed by atoms with van der Waals surface area (Å²) in [6, 6.07) is 11.7. The maximum absolute atomic E-state index is 12.8. The molecule has 3 rings (SSSR count). The Morgan fingerprint density at radius 1 is 1.14 bits per heavy atom. The number of carbonyl (C=O) groups excluding carboxylic acids is 1. The van der Waals surface area contributed by atoms with Crippen LogP contribution >= 0.6 is 0 Å². The number of benzene rings is 2. The smallest absolute Gasteiger partial charge is 0.264 e. The van der Waals surface area contributed by atoms with E-state index in [0.29, 0.717) is 24.2 Å². The summed E-state index contributed by atoms with van der Waals surface area (Å²) < 4.78 is 26.9. The van der Waals surface area contributed by atoms with Crippen LogP contribution in [-0.2, 0) is 16.4 Å². The van der Waals surface area contributed by atoms with Gasteiger partial charge in [-0.25, -0.2) is 8.42 Å². The van der Waals surface area contributed by atoms with Crippen LogP contribution in [0.4, 0.5) is 5.69 Å². The fraction of sp³-hybridized carbons (Fsp3) is 0.188. The van der Waals surface area contributed by atoms with Crippen LogP contribution in [0.2, 0.25) is 0 Å². The van der Waals surface area contributed by atoms with Gasteiger partial charge in [0.05, 0.1) is 10.6 Å². The van der Waals surface area contributed by atoms with Crippen LogP contribution in [0.1, 0.15) is 21.5 Å². The number of sulfonamides is 1. The molecule has 0 aliphatic carbocycles. The molecule has 22 heavy (non-hydrogen) atoms. The van der Waals surface area contributed by atoms with E-state index in [-0.39, 0.29) is 4.90 Å². The molecule has 0 spiro atoms. The standard InChI is InChI=1S/C16H16N2O3S/c1-11-2-5-14(6-3-11)22(20,21)18-9-8-12-10-13(16(17)19)4-7-15(12)18/h2-7,10H,8-9H2,1H3,(H2,17,19). The van der Waals surface area contributed by atoms with E-state index in [1.807, 2.05) is 6.92 Å². The molecule has 0 unspecified atom stereocenters. The summed E-state index contributed by atoms with van der Waals surface area (Å²) in [5.41, 5.74) is 8.11. The van der Waals surface area contributed by atoms with Gasteiger partial charge in [-0.3, -0.25) is 9.10 Å². The topological polar surface area (TPSA) is 80.5 Å². The lowest BCUT2D eigenvalue weighted by atomic mass is 10.1. The van der Waals surface area contributed by atoms with E-state index in [4.69, 9.17) is 5.73 Å². The zero-order chi connectivity index (χ0) is 15.9. The zero-order valence-electron chi connectivity index (χ0n) is 12.1. The normalized spacial score (nSPS) is 14.0. The van der Waals surface area contributed by atoms with Crippen molar-refractivity contribution in [1.82, 2.24) is 0 Å². The van der Waals surface area contributed by atoms with Gasteiger partial charge < -0.3 is 5.73 Å². The Kier molecular flexibility index (Phi) is 3.41. The van der Waals surface area contributed by atoms with Gasteiger partial charge in [0.15, 0.2) is 0 Å². The Bertz CT molecular complexity index is 842. The van der Waals surface area contributed by atoms with E-state index in [9.17, 15) is 13.2 Å². The van der Waals surface area contributed by atoms with Crippen LogP contribution in [0.3, 0.4) is 0 Å². The number of hydrogen-bond donors (Lipinski definition) is 1. The molecule has 0 aromatic heterocycles. The number of nitrogens with two attached hydrogens (primary N) is 1. The Labute approximate surface area is 129 Å². The summed E-state index contributed by atoms with van der Waals surface area (Å²) in [7, 11) is -3.58. The summed E-state index contributed by atoms with van der Waals surface area (Å²) in [4.78, 5) is 11.5. The van der Waals surface area contributed by atoms with Crippen molar-refractivity contribution < 1.29 is 13.2 Å². The van der Waals surface area contributed by atoms with Crippen LogP contribution in [0.15, 0.2) is 47.4 Å². The van der Waals surface area contributed by atoms with Crippen molar-refractivity contribution in [1.29, 1.82) is 0 Å². The monoisotopic (exact) mass is 316 g/mol. The first-order valence-corrected chi connectivity index (χ1v) is 8.36. The molecule has 0 radical (unpaired) electrons. The van der Waals surface area contributed by atoms with Gasteiger partial charge in [-0.2, -0.15) is 0 Å². The second-order valence-electron chi connectivity index (χ2n) is 5.35. The molecule has 1 heterocycles. The minimum atomic E-state index is -3.58. The summed E-state index contributed by atoms with van der Waals surface area (Å²) in [6.07, 6.45) is 0.571. The van der Waals surface area contributed by atoms with Gasteiger partial charge in [-0.15, -0.1) is 0 Å². The molecule has 1 aliphatic rings. The largest absolute Gasteiger partial charge is 0.366 e. The first-order chi connectivity index (χ1) is 10.4. The molecule has 2 aromatic rings. The third-order valence-electron chi connectivity index (χ3n) is 3.83. The zero-order valence-corrected chi connectivity index (χ0v) is 12.9. The lowest BCUT2D eigenvalue weighted by Crippen LogP contribution is -2.29. The predicted molar refractivity (Wildman–Crippen MR) is 84.4 cm³/mol. The minimum Gasteiger partial charge on any atom is -0.366 e. The molecule has 2 aromatic carbocycles. The fourth-order valence-corrected chi connectivity index (χ4v) is 4.12. The molecule has 1 amide bonds. The van der Waals surface area contributed by atoms with Crippen molar-refractivity contribution in [3.05, 3.63) is 59.2 Å². The van der Waals surface area contributed by atoms with Crippen molar-refractivity contribution in [2.75, 3.05) is 10.8 Å². The highest BCUT2D eigenvalue weighted by molar-refractivity contribution is 7.92. The van der Waals surface area contributed by atoms with Crippen molar-refractivity contribution in [3.8, 4) is 0 Å². The van der Waals surface area contributed by atoms with Gasteiger partial charge in [0, 0.05) is 12.1 Å². The number of amides is 1. The number of primary amides is 1. The van der Waals surface area contributed by atoms with E-state index < -0.39 is 15.9 Å². The highest BCUT2D eigenvalue weighted by Crippen LogP contribution is 2.33. The summed E-state index contributed by atoms with van der Waals surface area (Å²) in [5, 5.41) is 0. The van der Waals surface area contributed by atoms with Gasteiger partial charge >= 0.3 is 0 Å². The van der Waals surface area contributed by atoms with Crippen molar-refractivity contribution >= 4 is 21.6 Å². The van der Waals surface area contributed by atoms with E-state index in [0.717, 1.165) is 11.1 Å². The second kappa shape index (κ2) is 5.14. The van der Waals surface area contributed by atoms with Gasteiger partial charge in [0.25, 0.3) is 10.0 Å². The molecule has 0 fully saturated rings. The Balaban J connectivity index is 2.02. The number of hydrogen-bond acceptors (Lipinski definition) is 3. The molecule has 2 N–H and O–H groups in total. The molecular formula is C16H16N2O3S.